The maximum Gasteiger partial charge on any atom is 0.573 e. The van der Waals surface area contributed by atoms with Gasteiger partial charge in [0, 0.05) is 42.8 Å². The number of nitrogens with zero attached hydrogens (tertiary/aromatic N) is 4. The normalized spacial score (nSPS) is 11.2. The second-order valence-corrected chi connectivity index (χ2v) is 6.78. The zero-order valence-electron chi connectivity index (χ0n) is 17.1. The number of halogens is 3. The van der Waals surface area contributed by atoms with E-state index in [9.17, 15) is 18.0 Å². The largest absolute Gasteiger partial charge is 0.573 e. The van der Waals surface area contributed by atoms with Crippen LogP contribution in [0.15, 0.2) is 73.2 Å². The molecule has 0 aliphatic rings. The number of carbonyl (C=O) groups excluding carboxylic acids is 1. The molecule has 168 valence electrons. The van der Waals surface area contributed by atoms with Crippen molar-refractivity contribution in [2.45, 2.75) is 6.36 Å². The van der Waals surface area contributed by atoms with E-state index in [2.05, 4.69) is 25.1 Å². The van der Waals surface area contributed by atoms with Crippen molar-refractivity contribution in [3.8, 4) is 28.8 Å². The van der Waals surface area contributed by atoms with Gasteiger partial charge in [0.15, 0.2) is 5.82 Å². The Morgan fingerprint density at radius 3 is 2.55 bits per heavy atom. The Morgan fingerprint density at radius 1 is 1.06 bits per heavy atom. The minimum Gasteiger partial charge on any atom is -0.439 e. The molecule has 0 aliphatic heterocycles. The van der Waals surface area contributed by atoms with E-state index >= 15 is 0 Å². The van der Waals surface area contributed by atoms with Gasteiger partial charge in [0.2, 0.25) is 5.88 Å². The Bertz CT molecular complexity index is 1270. The van der Waals surface area contributed by atoms with Gasteiger partial charge in [-0.3, -0.25) is 9.48 Å². The summed E-state index contributed by atoms with van der Waals surface area (Å²) in [4.78, 5) is 21.0. The van der Waals surface area contributed by atoms with Crippen LogP contribution >= 0.6 is 0 Å². The van der Waals surface area contributed by atoms with E-state index in [0.717, 1.165) is 17.7 Å². The first-order valence-electron chi connectivity index (χ1n) is 9.52. The molecule has 0 radical (unpaired) electrons. The number of ether oxygens (including phenoxy) is 2. The molecule has 2 aromatic heterocycles. The number of hydrogen-bond donors (Lipinski definition) is 1. The number of nitrogens with one attached hydrogen (secondary N) is 1. The lowest BCUT2D eigenvalue weighted by Gasteiger charge is -2.10. The summed E-state index contributed by atoms with van der Waals surface area (Å²) >= 11 is 0. The molecule has 4 rings (SSSR count). The summed E-state index contributed by atoms with van der Waals surface area (Å²) in [6, 6.07) is 12.8. The zero-order chi connectivity index (χ0) is 23.4. The highest BCUT2D eigenvalue weighted by molar-refractivity contribution is 6.04. The number of anilines is 1. The fourth-order valence-corrected chi connectivity index (χ4v) is 2.84. The van der Waals surface area contributed by atoms with Crippen molar-refractivity contribution < 1.29 is 27.4 Å². The first-order valence-corrected chi connectivity index (χ1v) is 9.52. The number of benzene rings is 2. The minimum atomic E-state index is -4.80. The first kappa shape index (κ1) is 21.8. The molecule has 0 atom stereocenters. The van der Waals surface area contributed by atoms with Crippen LogP contribution < -0.4 is 14.8 Å². The molecule has 2 heterocycles. The predicted octanol–water partition coefficient (Wildman–Crippen LogP) is 4.82. The third-order valence-corrected chi connectivity index (χ3v) is 4.26. The van der Waals surface area contributed by atoms with Gasteiger partial charge >= 0.3 is 6.36 Å². The third kappa shape index (κ3) is 5.85. The van der Waals surface area contributed by atoms with Gasteiger partial charge in [-0.2, -0.15) is 10.1 Å². The summed E-state index contributed by atoms with van der Waals surface area (Å²) in [5.41, 5.74) is 1.32. The highest BCUT2D eigenvalue weighted by atomic mass is 19.4. The van der Waals surface area contributed by atoms with Gasteiger partial charge in [-0.25, -0.2) is 4.98 Å². The van der Waals surface area contributed by atoms with Crippen molar-refractivity contribution in [2.24, 2.45) is 7.05 Å². The smallest absolute Gasteiger partial charge is 0.439 e. The van der Waals surface area contributed by atoms with Crippen molar-refractivity contribution >= 4 is 11.6 Å². The molecule has 0 saturated carbocycles. The predicted molar refractivity (Wildman–Crippen MR) is 112 cm³/mol. The Morgan fingerprint density at radius 2 is 1.85 bits per heavy atom. The number of aromatic nitrogens is 4. The van der Waals surface area contributed by atoms with Gasteiger partial charge in [-0.05, 0) is 36.4 Å². The van der Waals surface area contributed by atoms with Crippen LogP contribution in [0, 0.1) is 0 Å². The van der Waals surface area contributed by atoms with Gasteiger partial charge in [0.05, 0.1) is 11.8 Å². The summed E-state index contributed by atoms with van der Waals surface area (Å²) in [6.45, 7) is 0. The van der Waals surface area contributed by atoms with E-state index in [0.29, 0.717) is 23.1 Å². The molecule has 1 N–H and O–H groups in total. The lowest BCUT2D eigenvalue weighted by atomic mass is 10.2. The minimum absolute atomic E-state index is 0.160. The number of hydrogen-bond acceptors (Lipinski definition) is 6. The van der Waals surface area contributed by atoms with Crippen LogP contribution in [0.25, 0.3) is 11.4 Å². The quantitative estimate of drug-likeness (QED) is 0.448. The number of amides is 1. The average molecular weight is 455 g/mol. The fraction of sp³-hybridized carbons (Fsp3) is 0.0909. The molecule has 0 saturated heterocycles. The van der Waals surface area contributed by atoms with Gasteiger partial charge < -0.3 is 14.8 Å². The number of alkyl halides is 3. The molecule has 33 heavy (non-hydrogen) atoms. The summed E-state index contributed by atoms with van der Waals surface area (Å²) in [6.07, 6.45) is 0.170. The van der Waals surface area contributed by atoms with Gasteiger partial charge in [0.1, 0.15) is 11.5 Å². The monoisotopic (exact) mass is 455 g/mol. The molecule has 1 amide bonds. The average Bonchev–Trinajstić information content (AvgIpc) is 3.20. The number of aryl methyl sites for hydroxylation is 1. The standard InChI is InChI=1S/C22H16F3N5O3/c1-30-13-15(12-27-30)20-26-10-9-19(29-20)32-18-4-2-3-16(11-18)28-21(31)14-5-7-17(8-6-14)33-22(23,24)25/h2-13H,1H3,(H,28,31). The van der Waals surface area contributed by atoms with Crippen molar-refractivity contribution in [3.05, 3.63) is 78.8 Å². The van der Waals surface area contributed by atoms with Crippen LogP contribution in [0.3, 0.4) is 0 Å². The number of carbonyl (C=O) groups is 1. The Hall–Kier alpha value is -4.41. The highest BCUT2D eigenvalue weighted by Crippen LogP contribution is 2.26. The van der Waals surface area contributed by atoms with Crippen LogP contribution in [0.5, 0.6) is 17.4 Å². The maximum absolute atomic E-state index is 12.4. The second-order valence-electron chi connectivity index (χ2n) is 6.78. The van der Waals surface area contributed by atoms with Gasteiger partial charge in [0.25, 0.3) is 5.91 Å². The molecule has 0 unspecified atom stereocenters. The third-order valence-electron chi connectivity index (χ3n) is 4.26. The summed E-state index contributed by atoms with van der Waals surface area (Å²) in [7, 11) is 1.79. The Labute approximate surface area is 185 Å². The fourth-order valence-electron chi connectivity index (χ4n) is 2.84. The zero-order valence-corrected chi connectivity index (χ0v) is 17.1. The number of rotatable bonds is 6. The molecule has 8 nitrogen and oxygen atoms in total. The Balaban J connectivity index is 1.43. The Kier molecular flexibility index (Phi) is 5.94. The van der Waals surface area contributed by atoms with E-state index in [-0.39, 0.29) is 5.56 Å². The van der Waals surface area contributed by atoms with Crippen molar-refractivity contribution in [1.29, 1.82) is 0 Å². The lowest BCUT2D eigenvalue weighted by Crippen LogP contribution is -2.17. The van der Waals surface area contributed by atoms with E-state index < -0.39 is 18.0 Å². The van der Waals surface area contributed by atoms with E-state index in [1.165, 1.54) is 12.1 Å². The van der Waals surface area contributed by atoms with Crippen LogP contribution in [0.2, 0.25) is 0 Å². The molecule has 4 aromatic rings. The van der Waals surface area contributed by atoms with Crippen LogP contribution in [-0.4, -0.2) is 32.0 Å². The molecular weight excluding hydrogens is 439 g/mol. The van der Waals surface area contributed by atoms with Crippen molar-refractivity contribution in [2.75, 3.05) is 5.32 Å². The highest BCUT2D eigenvalue weighted by Gasteiger charge is 2.31. The van der Waals surface area contributed by atoms with Crippen molar-refractivity contribution in [1.82, 2.24) is 19.7 Å². The van der Waals surface area contributed by atoms with Gasteiger partial charge in [-0.1, -0.05) is 6.07 Å². The van der Waals surface area contributed by atoms with Crippen LogP contribution in [-0.2, 0) is 7.05 Å². The SMILES string of the molecule is Cn1cc(-c2nccc(Oc3cccc(NC(=O)c4ccc(OC(F)(F)F)cc4)c3)n2)cn1. The van der Waals surface area contributed by atoms with Crippen LogP contribution in [0.1, 0.15) is 10.4 Å². The molecule has 0 bridgehead atoms. The second kappa shape index (κ2) is 8.99. The van der Waals surface area contributed by atoms with E-state index in [1.807, 2.05) is 0 Å². The van der Waals surface area contributed by atoms with Crippen LogP contribution in [0.4, 0.5) is 18.9 Å². The molecule has 11 heteroatoms. The van der Waals surface area contributed by atoms with Crippen molar-refractivity contribution in [3.63, 3.8) is 0 Å². The summed E-state index contributed by atoms with van der Waals surface area (Å²) in [5.74, 6) is 0.240. The molecule has 0 aliphatic carbocycles. The summed E-state index contributed by atoms with van der Waals surface area (Å²) < 4.78 is 48.0. The molecular formula is C22H16F3N5O3. The maximum atomic E-state index is 12.4. The van der Waals surface area contributed by atoms with E-state index in [4.69, 9.17) is 4.74 Å². The lowest BCUT2D eigenvalue weighted by molar-refractivity contribution is -0.274. The molecule has 2 aromatic carbocycles. The first-order chi connectivity index (χ1) is 15.7. The molecule has 0 fully saturated rings. The summed E-state index contributed by atoms with van der Waals surface area (Å²) in [5, 5.41) is 6.76. The topological polar surface area (TPSA) is 91.2 Å². The van der Waals surface area contributed by atoms with Gasteiger partial charge in [-0.15, -0.1) is 13.2 Å². The molecule has 0 spiro atoms. The van der Waals surface area contributed by atoms with E-state index in [1.54, 1.807) is 60.7 Å².